The maximum atomic E-state index is 11.4. The van der Waals surface area contributed by atoms with Crippen LogP contribution in [0.3, 0.4) is 0 Å². The van der Waals surface area contributed by atoms with Crippen molar-refractivity contribution in [2.24, 2.45) is 5.73 Å². The summed E-state index contributed by atoms with van der Waals surface area (Å²) in [6.07, 6.45) is 2.96. The van der Waals surface area contributed by atoms with Crippen molar-refractivity contribution in [3.05, 3.63) is 54.5 Å². The molecule has 0 fully saturated rings. The van der Waals surface area contributed by atoms with Crippen LogP contribution < -0.4 is 10.5 Å². The SMILES string of the molecule is CN(C)C(=O)OCCOc1ccc(-c2cncc3ccc(C(N)=O)nc23)cc1. The van der Waals surface area contributed by atoms with Crippen molar-refractivity contribution in [1.82, 2.24) is 14.9 Å². The van der Waals surface area contributed by atoms with E-state index >= 15 is 0 Å². The van der Waals surface area contributed by atoms with E-state index in [1.807, 2.05) is 12.1 Å². The van der Waals surface area contributed by atoms with Gasteiger partial charge in [0, 0.05) is 37.4 Å². The highest BCUT2D eigenvalue weighted by atomic mass is 16.6. The molecule has 2 amide bonds. The fourth-order valence-corrected chi connectivity index (χ4v) is 2.54. The van der Waals surface area contributed by atoms with E-state index in [0.717, 1.165) is 16.5 Å². The average Bonchev–Trinajstić information content (AvgIpc) is 2.70. The number of pyridine rings is 2. The van der Waals surface area contributed by atoms with Crippen molar-refractivity contribution in [2.75, 3.05) is 27.3 Å². The molecule has 2 N–H and O–H groups in total. The first-order valence-electron chi connectivity index (χ1n) is 8.57. The van der Waals surface area contributed by atoms with Crippen molar-refractivity contribution in [1.29, 1.82) is 0 Å². The minimum Gasteiger partial charge on any atom is -0.490 e. The topological polar surface area (TPSA) is 108 Å². The number of amides is 2. The number of aromatic nitrogens is 2. The molecule has 0 atom stereocenters. The lowest BCUT2D eigenvalue weighted by atomic mass is 10.0. The van der Waals surface area contributed by atoms with Crippen molar-refractivity contribution in [3.63, 3.8) is 0 Å². The van der Waals surface area contributed by atoms with Gasteiger partial charge in [-0.15, -0.1) is 0 Å². The van der Waals surface area contributed by atoms with Crippen LogP contribution in [0.4, 0.5) is 4.79 Å². The second-order valence-corrected chi connectivity index (χ2v) is 6.20. The van der Waals surface area contributed by atoms with Crippen molar-refractivity contribution < 1.29 is 19.1 Å². The van der Waals surface area contributed by atoms with Gasteiger partial charge in [-0.25, -0.2) is 9.78 Å². The van der Waals surface area contributed by atoms with E-state index in [2.05, 4.69) is 9.97 Å². The van der Waals surface area contributed by atoms with E-state index in [9.17, 15) is 9.59 Å². The maximum Gasteiger partial charge on any atom is 0.409 e. The summed E-state index contributed by atoms with van der Waals surface area (Å²) in [5.41, 5.74) is 7.85. The number of fused-ring (bicyclic) bond motifs is 1. The van der Waals surface area contributed by atoms with E-state index in [4.69, 9.17) is 15.2 Å². The summed E-state index contributed by atoms with van der Waals surface area (Å²) in [5.74, 6) is 0.0620. The Morgan fingerprint density at radius 1 is 1.04 bits per heavy atom. The van der Waals surface area contributed by atoms with Gasteiger partial charge in [-0.1, -0.05) is 12.1 Å². The summed E-state index contributed by atoms with van der Waals surface area (Å²) in [5, 5.41) is 0.811. The molecule has 3 aromatic rings. The number of ether oxygens (including phenoxy) is 2. The van der Waals surface area contributed by atoms with Gasteiger partial charge in [0.15, 0.2) is 0 Å². The Morgan fingerprint density at radius 2 is 1.79 bits per heavy atom. The number of benzene rings is 1. The summed E-state index contributed by atoms with van der Waals surface area (Å²) >= 11 is 0. The molecule has 3 rings (SSSR count). The summed E-state index contributed by atoms with van der Waals surface area (Å²) in [6, 6.07) is 10.7. The van der Waals surface area contributed by atoms with Crippen LogP contribution in [0.1, 0.15) is 10.5 Å². The number of nitrogens with two attached hydrogens (primary N) is 1. The highest BCUT2D eigenvalue weighted by Crippen LogP contribution is 2.28. The highest BCUT2D eigenvalue weighted by molar-refractivity contribution is 5.97. The van der Waals surface area contributed by atoms with Crippen molar-refractivity contribution >= 4 is 22.9 Å². The Labute approximate surface area is 161 Å². The van der Waals surface area contributed by atoms with Crippen molar-refractivity contribution in [2.45, 2.75) is 0 Å². The summed E-state index contributed by atoms with van der Waals surface area (Å²) in [6.45, 7) is 0.407. The van der Waals surface area contributed by atoms with Crippen molar-refractivity contribution in [3.8, 4) is 16.9 Å². The average molecular weight is 380 g/mol. The number of hydrogen-bond acceptors (Lipinski definition) is 6. The zero-order valence-corrected chi connectivity index (χ0v) is 15.6. The molecule has 0 saturated carbocycles. The quantitative estimate of drug-likeness (QED) is 0.658. The van der Waals surface area contributed by atoms with Crippen LogP contribution in [0.5, 0.6) is 5.75 Å². The maximum absolute atomic E-state index is 11.4. The fourth-order valence-electron chi connectivity index (χ4n) is 2.54. The van der Waals surface area contributed by atoms with Gasteiger partial charge in [-0.3, -0.25) is 9.78 Å². The van der Waals surface area contributed by atoms with E-state index < -0.39 is 12.0 Å². The molecule has 1 aromatic carbocycles. The van der Waals surface area contributed by atoms with Gasteiger partial charge in [0.1, 0.15) is 24.7 Å². The highest BCUT2D eigenvalue weighted by Gasteiger charge is 2.10. The normalized spacial score (nSPS) is 10.5. The first-order chi connectivity index (χ1) is 13.5. The molecule has 0 radical (unpaired) electrons. The second-order valence-electron chi connectivity index (χ2n) is 6.20. The predicted molar refractivity (Wildman–Crippen MR) is 104 cm³/mol. The first-order valence-corrected chi connectivity index (χ1v) is 8.57. The largest absolute Gasteiger partial charge is 0.490 e. The number of carbonyl (C=O) groups excluding carboxylic acids is 2. The third-order valence-electron chi connectivity index (χ3n) is 3.96. The van der Waals surface area contributed by atoms with Gasteiger partial charge in [-0.2, -0.15) is 0 Å². The molecule has 0 unspecified atom stereocenters. The molecule has 0 aliphatic carbocycles. The minimum absolute atomic E-state index is 0.159. The van der Waals surface area contributed by atoms with Gasteiger partial charge < -0.3 is 20.1 Å². The molecule has 0 spiro atoms. The van der Waals surface area contributed by atoms with Crippen LogP contribution in [-0.2, 0) is 4.74 Å². The second kappa shape index (κ2) is 8.34. The van der Waals surface area contributed by atoms with Crippen LogP contribution in [0.25, 0.3) is 22.0 Å². The summed E-state index contributed by atoms with van der Waals surface area (Å²) in [7, 11) is 3.23. The predicted octanol–water partition coefficient (Wildman–Crippen LogP) is 2.47. The zero-order valence-electron chi connectivity index (χ0n) is 15.6. The molecule has 0 aliphatic heterocycles. The third kappa shape index (κ3) is 4.35. The van der Waals surface area contributed by atoms with Crippen LogP contribution in [0, 0.1) is 0 Å². The molecule has 0 aliphatic rings. The summed E-state index contributed by atoms with van der Waals surface area (Å²) < 4.78 is 10.6. The molecule has 0 saturated heterocycles. The van der Waals surface area contributed by atoms with E-state index in [0.29, 0.717) is 11.3 Å². The van der Waals surface area contributed by atoms with Crippen LogP contribution in [0.2, 0.25) is 0 Å². The molecule has 8 heteroatoms. The lowest BCUT2D eigenvalue weighted by Gasteiger charge is -2.12. The number of nitrogens with zero attached hydrogens (tertiary/aromatic N) is 3. The molecule has 8 nitrogen and oxygen atoms in total. The van der Waals surface area contributed by atoms with E-state index in [1.165, 1.54) is 4.90 Å². The van der Waals surface area contributed by atoms with Gasteiger partial charge >= 0.3 is 6.09 Å². The monoisotopic (exact) mass is 380 g/mol. The Kier molecular flexibility index (Phi) is 5.69. The summed E-state index contributed by atoms with van der Waals surface area (Å²) in [4.78, 5) is 32.7. The minimum atomic E-state index is -0.580. The Balaban J connectivity index is 1.74. The molecular weight excluding hydrogens is 360 g/mol. The number of hydrogen-bond donors (Lipinski definition) is 1. The molecule has 2 aromatic heterocycles. The third-order valence-corrected chi connectivity index (χ3v) is 3.96. The molecule has 0 bridgehead atoms. The smallest absolute Gasteiger partial charge is 0.409 e. The molecule has 28 heavy (non-hydrogen) atoms. The van der Waals surface area contributed by atoms with Crippen LogP contribution in [0.15, 0.2) is 48.8 Å². The van der Waals surface area contributed by atoms with Gasteiger partial charge in [0.25, 0.3) is 5.91 Å². The molecular formula is C20H20N4O4. The lowest BCUT2D eigenvalue weighted by molar-refractivity contribution is 0.0994. The Hall–Kier alpha value is -3.68. The lowest BCUT2D eigenvalue weighted by Crippen LogP contribution is -2.24. The molecule has 144 valence electrons. The van der Waals surface area contributed by atoms with Crippen LogP contribution >= 0.6 is 0 Å². The Morgan fingerprint density at radius 3 is 2.46 bits per heavy atom. The number of rotatable bonds is 6. The van der Waals surface area contributed by atoms with E-state index in [-0.39, 0.29) is 18.9 Å². The van der Waals surface area contributed by atoms with Gasteiger partial charge in [0.2, 0.25) is 0 Å². The first kappa shape index (κ1) is 19.1. The standard InChI is InChI=1S/C20H20N4O4/c1-24(2)20(26)28-10-9-27-15-6-3-13(4-7-15)16-12-22-11-14-5-8-17(19(21)25)23-18(14)16/h3-8,11-12H,9-10H2,1-2H3,(H2,21,25). The van der Waals surface area contributed by atoms with E-state index in [1.54, 1.807) is 50.8 Å². The fraction of sp³-hybridized carbons (Fsp3) is 0.200. The number of carbonyl (C=O) groups is 2. The zero-order chi connectivity index (χ0) is 20.1. The molecule has 2 heterocycles. The van der Waals surface area contributed by atoms with Gasteiger partial charge in [0.05, 0.1) is 5.52 Å². The van der Waals surface area contributed by atoms with Gasteiger partial charge in [-0.05, 0) is 29.8 Å². The number of primary amides is 1. The van der Waals surface area contributed by atoms with Crippen LogP contribution in [-0.4, -0.2) is 54.2 Å². The Bertz CT molecular complexity index is 1000.